The maximum atomic E-state index is 12.8. The predicted molar refractivity (Wildman–Crippen MR) is 118 cm³/mol. The van der Waals surface area contributed by atoms with Crippen molar-refractivity contribution >= 4 is 28.3 Å². The fraction of sp³-hybridized carbons (Fsp3) is 0.130. The quantitative estimate of drug-likeness (QED) is 0.364. The summed E-state index contributed by atoms with van der Waals surface area (Å²) in [5.74, 6) is 1.54. The first kappa shape index (κ1) is 19.6. The van der Waals surface area contributed by atoms with Crippen molar-refractivity contribution in [1.82, 2.24) is 9.97 Å². The van der Waals surface area contributed by atoms with E-state index in [2.05, 4.69) is 15.3 Å². The normalized spacial score (nSPS) is 12.5. The summed E-state index contributed by atoms with van der Waals surface area (Å²) in [6.07, 6.45) is 0. The lowest BCUT2D eigenvalue weighted by atomic mass is 10.1. The van der Waals surface area contributed by atoms with E-state index in [1.54, 1.807) is 31.2 Å². The van der Waals surface area contributed by atoms with Gasteiger partial charge in [-0.2, -0.15) is 0 Å². The van der Waals surface area contributed by atoms with E-state index in [0.717, 1.165) is 16.6 Å². The number of nitro benzene ring substituents is 1. The number of aromatic nitrogens is 2. The molecule has 1 aliphatic rings. The molecule has 0 unspecified atom stereocenters. The highest BCUT2D eigenvalue weighted by atomic mass is 16.6. The Hall–Kier alpha value is -4.40. The summed E-state index contributed by atoms with van der Waals surface area (Å²) in [6, 6.07) is 15.3. The molecule has 0 aliphatic carbocycles. The first-order chi connectivity index (χ1) is 15.5. The average molecular weight is 430 g/mol. The van der Waals surface area contributed by atoms with Crippen molar-refractivity contribution in [3.63, 3.8) is 0 Å². The van der Waals surface area contributed by atoms with Gasteiger partial charge in [0.15, 0.2) is 11.5 Å². The zero-order valence-corrected chi connectivity index (χ0v) is 17.0. The standard InChI is InChI=1S/C23H18N4O5/c1-13-16(6-3-7-19(13)27(29)30)23(28)24-15-5-2-4-14(10-15)22-25-17-11-20-21(12-18(17)26-22)32-9-8-31-20/h2-7,10-12H,8-9H2,1H3,(H,24,28)(H,25,26). The van der Waals surface area contributed by atoms with Crippen LogP contribution in [0.25, 0.3) is 22.4 Å². The molecule has 0 spiro atoms. The maximum Gasteiger partial charge on any atom is 0.273 e. The number of nitrogens with zero attached hydrogens (tertiary/aromatic N) is 2. The van der Waals surface area contributed by atoms with Gasteiger partial charge in [-0.25, -0.2) is 4.98 Å². The Labute approximate surface area is 182 Å². The Kier molecular flexibility index (Phi) is 4.70. The topological polar surface area (TPSA) is 119 Å². The summed E-state index contributed by atoms with van der Waals surface area (Å²) in [6.45, 7) is 2.57. The largest absolute Gasteiger partial charge is 0.486 e. The molecule has 5 rings (SSSR count). The summed E-state index contributed by atoms with van der Waals surface area (Å²) >= 11 is 0. The van der Waals surface area contributed by atoms with E-state index in [0.29, 0.717) is 41.8 Å². The molecule has 0 saturated carbocycles. The van der Waals surface area contributed by atoms with Gasteiger partial charge in [0.2, 0.25) is 0 Å². The number of H-pyrrole nitrogens is 1. The minimum Gasteiger partial charge on any atom is -0.486 e. The third-order valence-electron chi connectivity index (χ3n) is 5.29. The first-order valence-corrected chi connectivity index (χ1v) is 9.95. The molecule has 0 saturated heterocycles. The van der Waals surface area contributed by atoms with Crippen molar-refractivity contribution in [2.45, 2.75) is 6.92 Å². The Morgan fingerprint density at radius 3 is 2.62 bits per heavy atom. The molecule has 2 N–H and O–H groups in total. The van der Waals surface area contributed by atoms with E-state index in [1.807, 2.05) is 18.2 Å². The van der Waals surface area contributed by atoms with Crippen LogP contribution in [0.5, 0.6) is 11.5 Å². The summed E-state index contributed by atoms with van der Waals surface area (Å²) in [7, 11) is 0. The molecule has 1 aromatic heterocycles. The molecule has 2 heterocycles. The van der Waals surface area contributed by atoms with Gasteiger partial charge >= 0.3 is 0 Å². The fourth-order valence-corrected chi connectivity index (χ4v) is 3.69. The molecule has 0 bridgehead atoms. The summed E-state index contributed by atoms with van der Waals surface area (Å²) in [5.41, 5.74) is 3.34. The lowest BCUT2D eigenvalue weighted by Crippen LogP contribution is -2.15. The number of rotatable bonds is 4. The molecule has 0 fully saturated rings. The number of aromatic amines is 1. The number of amides is 1. The zero-order valence-electron chi connectivity index (χ0n) is 17.0. The number of anilines is 1. The van der Waals surface area contributed by atoms with Crippen molar-refractivity contribution in [1.29, 1.82) is 0 Å². The van der Waals surface area contributed by atoms with E-state index in [1.165, 1.54) is 12.1 Å². The van der Waals surface area contributed by atoms with Crippen molar-refractivity contribution in [3.8, 4) is 22.9 Å². The Balaban J connectivity index is 1.43. The van der Waals surface area contributed by atoms with Crippen LogP contribution in [-0.4, -0.2) is 34.0 Å². The van der Waals surface area contributed by atoms with Crippen LogP contribution in [0.4, 0.5) is 11.4 Å². The van der Waals surface area contributed by atoms with Crippen molar-refractivity contribution in [2.75, 3.05) is 18.5 Å². The summed E-state index contributed by atoms with van der Waals surface area (Å²) < 4.78 is 11.2. The Morgan fingerprint density at radius 1 is 1.09 bits per heavy atom. The van der Waals surface area contributed by atoms with Gasteiger partial charge in [-0.15, -0.1) is 0 Å². The highest BCUT2D eigenvalue weighted by Gasteiger charge is 2.19. The van der Waals surface area contributed by atoms with Gasteiger partial charge < -0.3 is 19.8 Å². The molecular weight excluding hydrogens is 412 g/mol. The minimum absolute atomic E-state index is 0.0932. The maximum absolute atomic E-state index is 12.8. The molecule has 9 heteroatoms. The molecule has 4 aromatic rings. The molecule has 3 aromatic carbocycles. The van der Waals surface area contributed by atoms with E-state index in [4.69, 9.17) is 9.47 Å². The number of carbonyl (C=O) groups excluding carboxylic acids is 1. The third kappa shape index (κ3) is 3.49. The van der Waals surface area contributed by atoms with E-state index >= 15 is 0 Å². The van der Waals surface area contributed by atoms with Crippen LogP contribution in [-0.2, 0) is 0 Å². The average Bonchev–Trinajstić information content (AvgIpc) is 3.20. The number of hydrogen-bond acceptors (Lipinski definition) is 6. The van der Waals surface area contributed by atoms with Gasteiger partial charge in [0.25, 0.3) is 11.6 Å². The van der Waals surface area contributed by atoms with Gasteiger partial charge in [-0.05, 0) is 25.1 Å². The summed E-state index contributed by atoms with van der Waals surface area (Å²) in [5, 5.41) is 14.0. The van der Waals surface area contributed by atoms with Gasteiger partial charge in [-0.1, -0.05) is 18.2 Å². The van der Waals surface area contributed by atoms with Gasteiger partial charge in [0.1, 0.15) is 19.0 Å². The molecule has 1 amide bonds. The molecule has 160 valence electrons. The number of ether oxygens (including phenoxy) is 2. The monoisotopic (exact) mass is 430 g/mol. The number of imidazole rings is 1. The van der Waals surface area contributed by atoms with Gasteiger partial charge in [-0.3, -0.25) is 14.9 Å². The third-order valence-corrected chi connectivity index (χ3v) is 5.29. The van der Waals surface area contributed by atoms with Crippen molar-refractivity contribution in [3.05, 3.63) is 75.8 Å². The zero-order chi connectivity index (χ0) is 22.2. The predicted octanol–water partition coefficient (Wildman–Crippen LogP) is 4.47. The number of fused-ring (bicyclic) bond motifs is 2. The second-order valence-corrected chi connectivity index (χ2v) is 7.34. The summed E-state index contributed by atoms with van der Waals surface area (Å²) in [4.78, 5) is 31.3. The van der Waals surface area contributed by atoms with Crippen LogP contribution in [0.2, 0.25) is 0 Å². The molecule has 9 nitrogen and oxygen atoms in total. The van der Waals surface area contributed by atoms with Gasteiger partial charge in [0.05, 0.1) is 16.0 Å². The van der Waals surface area contributed by atoms with Crippen LogP contribution < -0.4 is 14.8 Å². The van der Waals surface area contributed by atoms with Crippen molar-refractivity contribution in [2.24, 2.45) is 0 Å². The molecule has 32 heavy (non-hydrogen) atoms. The molecule has 0 atom stereocenters. The minimum atomic E-state index is -0.498. The van der Waals surface area contributed by atoms with E-state index < -0.39 is 10.8 Å². The van der Waals surface area contributed by atoms with E-state index in [-0.39, 0.29) is 11.3 Å². The highest BCUT2D eigenvalue weighted by molar-refractivity contribution is 6.06. The number of nitrogens with one attached hydrogen (secondary N) is 2. The number of hydrogen-bond donors (Lipinski definition) is 2. The number of nitro groups is 1. The van der Waals surface area contributed by atoms with Crippen LogP contribution in [0.15, 0.2) is 54.6 Å². The Bertz CT molecular complexity index is 1340. The number of benzene rings is 3. The molecule has 0 radical (unpaired) electrons. The smallest absolute Gasteiger partial charge is 0.273 e. The van der Waals surface area contributed by atoms with Crippen LogP contribution in [0, 0.1) is 17.0 Å². The van der Waals surface area contributed by atoms with Gasteiger partial charge in [0, 0.05) is 40.6 Å². The SMILES string of the molecule is Cc1c(C(=O)Nc2cccc(-c3nc4cc5c(cc4[nH]3)OCCO5)c2)cccc1[N+](=O)[O-]. The van der Waals surface area contributed by atoms with Crippen molar-refractivity contribution < 1.29 is 19.2 Å². The fourth-order valence-electron chi connectivity index (χ4n) is 3.69. The van der Waals surface area contributed by atoms with E-state index in [9.17, 15) is 14.9 Å². The molecule has 1 aliphatic heterocycles. The van der Waals surface area contributed by atoms with Crippen LogP contribution in [0.3, 0.4) is 0 Å². The second kappa shape index (κ2) is 7.69. The first-order valence-electron chi connectivity index (χ1n) is 9.95. The van der Waals surface area contributed by atoms with Crippen LogP contribution in [0.1, 0.15) is 15.9 Å². The lowest BCUT2D eigenvalue weighted by Gasteiger charge is -2.17. The lowest BCUT2D eigenvalue weighted by molar-refractivity contribution is -0.385. The Morgan fingerprint density at radius 2 is 1.84 bits per heavy atom. The molecular formula is C23H18N4O5. The second-order valence-electron chi connectivity index (χ2n) is 7.34. The number of carbonyl (C=O) groups is 1. The van der Waals surface area contributed by atoms with Crippen LogP contribution >= 0.6 is 0 Å². The highest BCUT2D eigenvalue weighted by Crippen LogP contribution is 2.35.